The molecule has 2 amide bonds. The van der Waals surface area contributed by atoms with Crippen molar-refractivity contribution in [3.63, 3.8) is 0 Å². The summed E-state index contributed by atoms with van der Waals surface area (Å²) in [4.78, 5) is 23.8. The van der Waals surface area contributed by atoms with E-state index in [1.54, 1.807) is 6.92 Å². The Labute approximate surface area is 116 Å². The summed E-state index contributed by atoms with van der Waals surface area (Å²) >= 11 is 1.31. The van der Waals surface area contributed by atoms with Crippen molar-refractivity contribution in [2.75, 3.05) is 5.32 Å². The summed E-state index contributed by atoms with van der Waals surface area (Å²) in [5, 5.41) is 14.3. The first-order valence-corrected chi connectivity index (χ1v) is 7.29. The fourth-order valence-electron chi connectivity index (χ4n) is 2.15. The van der Waals surface area contributed by atoms with E-state index in [0.717, 1.165) is 30.7 Å². The molecule has 1 aromatic rings. The van der Waals surface area contributed by atoms with E-state index in [1.807, 2.05) is 6.92 Å². The lowest BCUT2D eigenvalue weighted by atomic mass is 10.1. The maximum absolute atomic E-state index is 11.9. The van der Waals surface area contributed by atoms with Gasteiger partial charge in [0.05, 0.1) is 0 Å². The van der Waals surface area contributed by atoms with Crippen molar-refractivity contribution in [3.8, 4) is 0 Å². The molecule has 19 heavy (non-hydrogen) atoms. The largest absolute Gasteiger partial charge is 0.344 e. The SMILES string of the molecule is Cc1nnc(NC(=O)C(C)NC(=O)C2CCCC2)s1. The normalized spacial score (nSPS) is 17.2. The monoisotopic (exact) mass is 282 g/mol. The fourth-order valence-corrected chi connectivity index (χ4v) is 2.74. The molecule has 0 bridgehead atoms. The number of carbonyl (C=O) groups is 2. The van der Waals surface area contributed by atoms with E-state index in [2.05, 4.69) is 20.8 Å². The van der Waals surface area contributed by atoms with Crippen LogP contribution in [0.25, 0.3) is 0 Å². The van der Waals surface area contributed by atoms with E-state index in [9.17, 15) is 9.59 Å². The number of anilines is 1. The Kier molecular flexibility index (Phi) is 4.47. The van der Waals surface area contributed by atoms with Gasteiger partial charge in [-0.3, -0.25) is 14.9 Å². The van der Waals surface area contributed by atoms with Gasteiger partial charge in [0.1, 0.15) is 11.0 Å². The molecule has 0 aromatic carbocycles. The highest BCUT2D eigenvalue weighted by Crippen LogP contribution is 2.24. The molecule has 0 saturated heterocycles. The van der Waals surface area contributed by atoms with Crippen LogP contribution in [0.1, 0.15) is 37.6 Å². The van der Waals surface area contributed by atoms with Gasteiger partial charge in [-0.05, 0) is 26.7 Å². The highest BCUT2D eigenvalue weighted by atomic mass is 32.1. The van der Waals surface area contributed by atoms with Crippen molar-refractivity contribution >= 4 is 28.3 Å². The van der Waals surface area contributed by atoms with E-state index in [1.165, 1.54) is 11.3 Å². The maximum Gasteiger partial charge on any atom is 0.248 e. The first-order chi connectivity index (χ1) is 9.06. The Hall–Kier alpha value is -1.50. The number of hydrogen-bond acceptors (Lipinski definition) is 5. The molecule has 1 aliphatic rings. The Morgan fingerprint density at radius 2 is 2.00 bits per heavy atom. The molecule has 2 N–H and O–H groups in total. The van der Waals surface area contributed by atoms with Gasteiger partial charge < -0.3 is 5.32 Å². The van der Waals surface area contributed by atoms with E-state index in [0.29, 0.717) is 5.13 Å². The van der Waals surface area contributed by atoms with Crippen LogP contribution in [0.2, 0.25) is 0 Å². The second-order valence-corrected chi connectivity index (χ2v) is 6.01. The first kappa shape index (κ1) is 13.9. The van der Waals surface area contributed by atoms with Crippen LogP contribution < -0.4 is 10.6 Å². The van der Waals surface area contributed by atoms with Gasteiger partial charge in [-0.15, -0.1) is 10.2 Å². The van der Waals surface area contributed by atoms with Gasteiger partial charge >= 0.3 is 0 Å². The van der Waals surface area contributed by atoms with Crippen molar-refractivity contribution in [1.29, 1.82) is 0 Å². The molecule has 1 heterocycles. The number of aryl methyl sites for hydroxylation is 1. The quantitative estimate of drug-likeness (QED) is 0.876. The Bertz CT molecular complexity index is 468. The summed E-state index contributed by atoms with van der Waals surface area (Å²) < 4.78 is 0. The fraction of sp³-hybridized carbons (Fsp3) is 0.667. The predicted molar refractivity (Wildman–Crippen MR) is 72.8 cm³/mol. The molecule has 7 heteroatoms. The van der Waals surface area contributed by atoms with Gasteiger partial charge in [0.15, 0.2) is 0 Å². The standard InChI is InChI=1S/C12H18N4O2S/c1-7(13-11(18)9-5-3-4-6-9)10(17)14-12-16-15-8(2)19-12/h7,9H,3-6H2,1-2H3,(H,13,18)(H,14,16,17). The lowest BCUT2D eigenvalue weighted by molar-refractivity contribution is -0.128. The number of amides is 2. The van der Waals surface area contributed by atoms with Gasteiger partial charge in [-0.1, -0.05) is 24.2 Å². The molecule has 1 fully saturated rings. The number of nitrogens with one attached hydrogen (secondary N) is 2. The summed E-state index contributed by atoms with van der Waals surface area (Å²) in [6, 6.07) is -0.558. The molecule has 0 radical (unpaired) electrons. The van der Waals surface area contributed by atoms with Crippen molar-refractivity contribution < 1.29 is 9.59 Å². The third kappa shape index (κ3) is 3.73. The van der Waals surface area contributed by atoms with Crippen LogP contribution in [-0.2, 0) is 9.59 Å². The average Bonchev–Trinajstić information content (AvgIpc) is 3.00. The first-order valence-electron chi connectivity index (χ1n) is 6.47. The summed E-state index contributed by atoms with van der Waals surface area (Å²) in [6.07, 6.45) is 4.05. The topological polar surface area (TPSA) is 84.0 Å². The van der Waals surface area contributed by atoms with E-state index in [-0.39, 0.29) is 17.7 Å². The predicted octanol–water partition coefficient (Wildman–Crippen LogP) is 1.48. The number of hydrogen-bond donors (Lipinski definition) is 2. The summed E-state index contributed by atoms with van der Waals surface area (Å²) in [6.45, 7) is 3.49. The molecular weight excluding hydrogens is 264 g/mol. The minimum absolute atomic E-state index is 0.0198. The Morgan fingerprint density at radius 3 is 2.58 bits per heavy atom. The molecule has 1 aromatic heterocycles. The second kappa shape index (κ2) is 6.10. The lowest BCUT2D eigenvalue weighted by Gasteiger charge is -2.15. The Morgan fingerprint density at radius 1 is 1.32 bits per heavy atom. The maximum atomic E-state index is 11.9. The van der Waals surface area contributed by atoms with Gasteiger partial charge in [0, 0.05) is 5.92 Å². The van der Waals surface area contributed by atoms with Crippen LogP contribution in [0, 0.1) is 12.8 Å². The minimum Gasteiger partial charge on any atom is -0.344 e. The third-order valence-electron chi connectivity index (χ3n) is 3.23. The van der Waals surface area contributed by atoms with Crippen molar-refractivity contribution in [2.45, 2.75) is 45.6 Å². The van der Waals surface area contributed by atoms with Crippen LogP contribution in [0.4, 0.5) is 5.13 Å². The summed E-state index contributed by atoms with van der Waals surface area (Å²) in [5.41, 5.74) is 0. The zero-order chi connectivity index (χ0) is 13.8. The lowest BCUT2D eigenvalue weighted by Crippen LogP contribution is -2.43. The number of carbonyl (C=O) groups excluding carboxylic acids is 2. The van der Waals surface area contributed by atoms with Gasteiger partial charge in [-0.2, -0.15) is 0 Å². The Balaban J connectivity index is 1.83. The molecule has 0 aliphatic heterocycles. The third-order valence-corrected chi connectivity index (χ3v) is 3.99. The van der Waals surface area contributed by atoms with Crippen molar-refractivity contribution in [1.82, 2.24) is 15.5 Å². The number of aromatic nitrogens is 2. The summed E-state index contributed by atoms with van der Waals surface area (Å²) in [7, 11) is 0. The molecule has 1 aliphatic carbocycles. The zero-order valence-electron chi connectivity index (χ0n) is 11.1. The zero-order valence-corrected chi connectivity index (χ0v) is 11.9. The molecule has 104 valence electrons. The van der Waals surface area contributed by atoms with Gasteiger partial charge in [-0.25, -0.2) is 0 Å². The number of rotatable bonds is 4. The van der Waals surface area contributed by atoms with Crippen LogP contribution in [0.15, 0.2) is 0 Å². The molecule has 1 unspecified atom stereocenters. The number of nitrogens with zero attached hydrogens (tertiary/aromatic N) is 2. The molecule has 1 saturated carbocycles. The van der Waals surface area contributed by atoms with Crippen LogP contribution in [0.5, 0.6) is 0 Å². The molecule has 2 rings (SSSR count). The molecule has 6 nitrogen and oxygen atoms in total. The smallest absolute Gasteiger partial charge is 0.248 e. The minimum atomic E-state index is -0.558. The molecule has 1 atom stereocenters. The molecule has 0 spiro atoms. The second-order valence-electron chi connectivity index (χ2n) is 4.83. The van der Waals surface area contributed by atoms with Gasteiger partial charge in [0.2, 0.25) is 16.9 Å². The van der Waals surface area contributed by atoms with Crippen LogP contribution >= 0.6 is 11.3 Å². The van der Waals surface area contributed by atoms with E-state index in [4.69, 9.17) is 0 Å². The van der Waals surface area contributed by atoms with E-state index >= 15 is 0 Å². The van der Waals surface area contributed by atoms with Gasteiger partial charge in [0.25, 0.3) is 0 Å². The van der Waals surface area contributed by atoms with E-state index < -0.39 is 6.04 Å². The van der Waals surface area contributed by atoms with Crippen LogP contribution in [0.3, 0.4) is 0 Å². The highest BCUT2D eigenvalue weighted by molar-refractivity contribution is 7.15. The summed E-state index contributed by atoms with van der Waals surface area (Å²) in [5.74, 6) is -0.213. The molecular formula is C12H18N4O2S. The van der Waals surface area contributed by atoms with Crippen molar-refractivity contribution in [3.05, 3.63) is 5.01 Å². The van der Waals surface area contributed by atoms with Crippen molar-refractivity contribution in [2.24, 2.45) is 5.92 Å². The highest BCUT2D eigenvalue weighted by Gasteiger charge is 2.25. The van der Waals surface area contributed by atoms with Crippen LogP contribution in [-0.4, -0.2) is 28.1 Å². The average molecular weight is 282 g/mol.